The molecule has 188 valence electrons. The van der Waals surface area contributed by atoms with E-state index in [1.165, 1.54) is 23.6 Å². The lowest BCUT2D eigenvalue weighted by Crippen LogP contribution is -2.59. The van der Waals surface area contributed by atoms with Crippen molar-refractivity contribution in [3.05, 3.63) is 48.7 Å². The van der Waals surface area contributed by atoms with Gasteiger partial charge in [-0.3, -0.25) is 15.3 Å². The summed E-state index contributed by atoms with van der Waals surface area (Å²) in [5, 5.41) is 3.29. The number of ether oxygens (including phenoxy) is 1. The van der Waals surface area contributed by atoms with E-state index in [1.54, 1.807) is 18.2 Å². The van der Waals surface area contributed by atoms with E-state index in [1.807, 2.05) is 6.07 Å². The molecule has 2 atom stereocenters. The highest BCUT2D eigenvalue weighted by molar-refractivity contribution is 5.97. The van der Waals surface area contributed by atoms with Crippen LogP contribution in [0.1, 0.15) is 56.7 Å². The summed E-state index contributed by atoms with van der Waals surface area (Å²) in [5.41, 5.74) is 3.86. The van der Waals surface area contributed by atoms with E-state index >= 15 is 0 Å². The number of rotatable bonds is 8. The molecule has 2 aromatic rings. The zero-order valence-electron chi connectivity index (χ0n) is 19.4. The number of alkyl halides is 3. The Bertz CT molecular complexity index is 1090. The summed E-state index contributed by atoms with van der Waals surface area (Å²) >= 11 is 0. The van der Waals surface area contributed by atoms with Gasteiger partial charge in [0.2, 0.25) is 5.72 Å². The molecule has 3 N–H and O–H groups in total. The number of hydrogen-bond acceptors (Lipinski definition) is 5. The lowest BCUT2D eigenvalue weighted by atomic mass is 9.84. The van der Waals surface area contributed by atoms with Crippen LogP contribution in [0.3, 0.4) is 0 Å². The van der Waals surface area contributed by atoms with Gasteiger partial charge in [-0.2, -0.15) is 13.2 Å². The minimum atomic E-state index is -5.29. The Morgan fingerprint density at radius 2 is 1.91 bits per heavy atom. The van der Waals surface area contributed by atoms with Crippen molar-refractivity contribution >= 4 is 28.7 Å². The van der Waals surface area contributed by atoms with Crippen molar-refractivity contribution in [2.45, 2.75) is 69.8 Å². The highest BCUT2D eigenvalue weighted by Gasteiger charge is 2.48. The number of benzene rings is 1. The lowest BCUT2D eigenvalue weighted by molar-refractivity contribution is -0.214. The fraction of sp³-hybridized carbons (Fsp3) is 0.480. The zero-order valence-corrected chi connectivity index (χ0v) is 19.4. The maximum absolute atomic E-state index is 12.8. The Kier molecular flexibility index (Phi) is 8.22. The molecular formula is C25H28F3N3O4. The molecule has 0 bridgehead atoms. The quantitative estimate of drug-likeness (QED) is 0.329. The van der Waals surface area contributed by atoms with Crippen molar-refractivity contribution in [1.29, 1.82) is 0 Å². The van der Waals surface area contributed by atoms with E-state index < -0.39 is 35.7 Å². The number of hydrogen-bond donors (Lipinski definition) is 2. The van der Waals surface area contributed by atoms with Gasteiger partial charge in [0.05, 0.1) is 10.9 Å². The number of carbonyl (C=O) groups is 3. The van der Waals surface area contributed by atoms with Gasteiger partial charge in [-0.15, -0.1) is 0 Å². The lowest BCUT2D eigenvalue weighted by Gasteiger charge is -2.30. The molecule has 0 radical (unpaired) electrons. The van der Waals surface area contributed by atoms with Gasteiger partial charge in [-0.25, -0.2) is 9.36 Å². The highest BCUT2D eigenvalue weighted by Crippen LogP contribution is 2.28. The van der Waals surface area contributed by atoms with E-state index in [0.29, 0.717) is 17.3 Å². The number of nitrogens with one attached hydrogen (secondary N) is 1. The van der Waals surface area contributed by atoms with Crippen molar-refractivity contribution in [1.82, 2.24) is 9.88 Å². The summed E-state index contributed by atoms with van der Waals surface area (Å²) in [6.07, 6.45) is 5.36. The molecule has 1 fully saturated rings. The number of nitrogens with two attached hydrogens (primary N) is 1. The second kappa shape index (κ2) is 11.0. The number of carbonyl (C=O) groups excluding carboxylic acids is 3. The van der Waals surface area contributed by atoms with Gasteiger partial charge in [0.15, 0.2) is 0 Å². The van der Waals surface area contributed by atoms with Gasteiger partial charge >= 0.3 is 12.1 Å². The van der Waals surface area contributed by atoms with Crippen LogP contribution in [-0.4, -0.2) is 40.3 Å². The Labute approximate surface area is 201 Å². The SMILES string of the molecule is CC[C@](N)(OC(=O)C(F)(F)F)C(=O)N[C@H](/C=C/C(=O)n1c#cc2ccccc21)CC1CCCCC1. The predicted molar refractivity (Wildman–Crippen MR) is 122 cm³/mol. The Morgan fingerprint density at radius 1 is 1.23 bits per heavy atom. The predicted octanol–water partition coefficient (Wildman–Crippen LogP) is 4.06. The number of aromatic nitrogens is 1. The van der Waals surface area contributed by atoms with Crippen LogP contribution in [-0.2, 0) is 14.3 Å². The normalized spacial score (nSPS) is 17.5. The van der Waals surface area contributed by atoms with Crippen molar-refractivity contribution in [2.24, 2.45) is 11.7 Å². The van der Waals surface area contributed by atoms with E-state index in [9.17, 15) is 27.6 Å². The molecule has 0 spiro atoms. The van der Waals surface area contributed by atoms with Crippen LogP contribution in [0, 0.1) is 18.2 Å². The van der Waals surface area contributed by atoms with Crippen LogP contribution in [0.2, 0.25) is 0 Å². The first-order valence-corrected chi connectivity index (χ1v) is 11.6. The van der Waals surface area contributed by atoms with E-state index in [0.717, 1.165) is 32.1 Å². The van der Waals surface area contributed by atoms with Crippen molar-refractivity contribution < 1.29 is 32.3 Å². The average Bonchev–Trinajstić information content (AvgIpc) is 3.26. The topological polar surface area (TPSA) is 103 Å². The van der Waals surface area contributed by atoms with Crippen LogP contribution in [0.5, 0.6) is 0 Å². The number of amides is 1. The second-order valence-electron chi connectivity index (χ2n) is 8.74. The summed E-state index contributed by atoms with van der Waals surface area (Å²) in [5.74, 6) is -3.78. The van der Waals surface area contributed by atoms with Crippen LogP contribution < -0.4 is 11.1 Å². The summed E-state index contributed by atoms with van der Waals surface area (Å²) in [6, 6.07) is 9.28. The third-order valence-electron chi connectivity index (χ3n) is 6.18. The molecule has 0 unspecified atom stereocenters. The number of fused-ring (bicyclic) bond motifs is 1. The number of halogens is 3. The first-order valence-electron chi connectivity index (χ1n) is 11.6. The van der Waals surface area contributed by atoms with Crippen molar-refractivity contribution in [3.63, 3.8) is 0 Å². The molecule has 1 aliphatic carbocycles. The van der Waals surface area contributed by atoms with E-state index in [2.05, 4.69) is 22.3 Å². The zero-order chi connectivity index (χ0) is 25.6. The molecule has 1 aliphatic rings. The minimum Gasteiger partial charge on any atom is -0.428 e. The molecule has 35 heavy (non-hydrogen) atoms. The first kappa shape index (κ1) is 26.3. The van der Waals surface area contributed by atoms with Gasteiger partial charge in [0.25, 0.3) is 11.8 Å². The van der Waals surface area contributed by atoms with Gasteiger partial charge in [0, 0.05) is 24.7 Å². The minimum absolute atomic E-state index is 0.257. The molecule has 0 saturated heterocycles. The van der Waals surface area contributed by atoms with E-state index in [-0.39, 0.29) is 12.3 Å². The summed E-state index contributed by atoms with van der Waals surface area (Å²) in [7, 11) is 0. The van der Waals surface area contributed by atoms with Crippen LogP contribution in [0.15, 0.2) is 36.4 Å². The maximum atomic E-state index is 12.8. The van der Waals surface area contributed by atoms with Crippen molar-refractivity contribution in [3.8, 4) is 0 Å². The molecule has 3 rings (SSSR count). The van der Waals surface area contributed by atoms with Crippen molar-refractivity contribution in [2.75, 3.05) is 0 Å². The summed E-state index contributed by atoms with van der Waals surface area (Å²) < 4.78 is 43.7. The number of allylic oxidation sites excluding steroid dienone is 1. The largest absolute Gasteiger partial charge is 0.491 e. The third-order valence-corrected chi connectivity index (χ3v) is 6.18. The van der Waals surface area contributed by atoms with Crippen LogP contribution in [0.25, 0.3) is 10.9 Å². The van der Waals surface area contributed by atoms with Gasteiger partial charge in [-0.05, 0) is 30.5 Å². The van der Waals surface area contributed by atoms with Crippen LogP contribution >= 0.6 is 0 Å². The molecule has 1 amide bonds. The van der Waals surface area contributed by atoms with Crippen LogP contribution in [0.4, 0.5) is 13.2 Å². The molecular weight excluding hydrogens is 463 g/mol. The fourth-order valence-corrected chi connectivity index (χ4v) is 4.16. The molecule has 10 heteroatoms. The first-order chi connectivity index (χ1) is 16.5. The summed E-state index contributed by atoms with van der Waals surface area (Å²) in [4.78, 5) is 37.0. The Hall–Kier alpha value is -3.32. The average molecular weight is 492 g/mol. The smallest absolute Gasteiger partial charge is 0.428 e. The molecule has 1 aromatic carbocycles. The number of para-hydroxylation sites is 1. The molecule has 1 saturated carbocycles. The Balaban J connectivity index is 1.78. The number of esters is 1. The number of nitrogens with zero attached hydrogens (tertiary/aromatic N) is 1. The monoisotopic (exact) mass is 491 g/mol. The highest BCUT2D eigenvalue weighted by atomic mass is 19.4. The Morgan fingerprint density at radius 3 is 2.57 bits per heavy atom. The molecule has 1 aromatic heterocycles. The maximum Gasteiger partial charge on any atom is 0.491 e. The van der Waals surface area contributed by atoms with Gasteiger partial charge < -0.3 is 10.1 Å². The third kappa shape index (κ3) is 6.63. The summed E-state index contributed by atoms with van der Waals surface area (Å²) in [6.45, 7) is 1.34. The molecule has 7 nitrogen and oxygen atoms in total. The second-order valence-corrected chi connectivity index (χ2v) is 8.74. The van der Waals surface area contributed by atoms with Gasteiger partial charge in [-0.1, -0.05) is 57.2 Å². The standard InChI is InChI=1S/C25H28F3N3O4/c1-2-24(29,35-23(34)25(26,27)28)22(33)30-19(16-17-8-4-3-5-9-17)12-13-21(32)31-15-14-18-10-6-7-11-20(18)31/h6-7,10-13,17,19H,2-5,8-9,16,29H2,1H3,(H,30,33)/b13-12+/t19-,24+/m1/s1. The molecule has 1 heterocycles. The molecule has 0 aliphatic heterocycles. The fourth-order valence-electron chi connectivity index (χ4n) is 4.16. The van der Waals surface area contributed by atoms with Gasteiger partial charge in [0.1, 0.15) is 0 Å². The van der Waals surface area contributed by atoms with E-state index in [4.69, 9.17) is 5.73 Å².